The average molecular weight is 380 g/mol. The summed E-state index contributed by atoms with van der Waals surface area (Å²) in [6.45, 7) is 0. The van der Waals surface area contributed by atoms with Crippen molar-refractivity contribution in [3.63, 3.8) is 0 Å². The number of hydrogen-bond donors (Lipinski definition) is 2. The van der Waals surface area contributed by atoms with Crippen molar-refractivity contribution in [1.82, 2.24) is 9.97 Å². The lowest BCUT2D eigenvalue weighted by molar-refractivity contribution is 0.0594. The third-order valence-electron chi connectivity index (χ3n) is 4.21. The Morgan fingerprint density at radius 3 is 2.56 bits per heavy atom. The summed E-state index contributed by atoms with van der Waals surface area (Å²) in [6, 6.07) is 15.9. The Hall–Kier alpha value is -3.38. The summed E-state index contributed by atoms with van der Waals surface area (Å²) in [7, 11) is 1.27. The topological polar surface area (TPSA) is 84.1 Å². The number of H-pyrrole nitrogens is 1. The number of rotatable bonds is 3. The smallest absolute Gasteiger partial charge is 0.356 e. The van der Waals surface area contributed by atoms with Crippen molar-refractivity contribution in [2.24, 2.45) is 0 Å². The van der Waals surface area contributed by atoms with Crippen LogP contribution in [0.5, 0.6) is 0 Å². The molecule has 0 saturated heterocycles. The summed E-state index contributed by atoms with van der Waals surface area (Å²) in [5.74, 6) is -1.05. The molecular formula is C20H14ClN3O3. The summed E-state index contributed by atoms with van der Waals surface area (Å²) in [5, 5.41) is 4.95. The quantitative estimate of drug-likeness (QED) is 0.516. The van der Waals surface area contributed by atoms with Gasteiger partial charge < -0.3 is 15.0 Å². The molecule has 2 heterocycles. The third kappa shape index (κ3) is 3.11. The molecule has 0 spiro atoms. The molecule has 2 N–H and O–H groups in total. The van der Waals surface area contributed by atoms with Gasteiger partial charge in [0.25, 0.3) is 5.91 Å². The Labute approximate surface area is 159 Å². The number of anilines is 1. The number of carbonyl (C=O) groups is 2. The minimum Gasteiger partial charge on any atom is -0.464 e. The SMILES string of the molecule is COC(=O)c1cc2c([nH]c3ccccc32)c(C(=O)Nc2ccc(Cl)cc2)n1. The van der Waals surface area contributed by atoms with E-state index < -0.39 is 11.9 Å². The zero-order valence-electron chi connectivity index (χ0n) is 14.2. The molecule has 0 unspecified atom stereocenters. The van der Waals surface area contributed by atoms with Gasteiger partial charge in [-0.05, 0) is 36.4 Å². The zero-order valence-corrected chi connectivity index (χ0v) is 15.0. The van der Waals surface area contributed by atoms with Gasteiger partial charge in [0.1, 0.15) is 5.69 Å². The minimum atomic E-state index is -0.609. The molecule has 4 aromatic rings. The van der Waals surface area contributed by atoms with E-state index in [-0.39, 0.29) is 11.4 Å². The second-order valence-corrected chi connectivity index (χ2v) is 6.34. The number of amides is 1. The predicted molar refractivity (Wildman–Crippen MR) is 104 cm³/mol. The number of hydrogen-bond acceptors (Lipinski definition) is 4. The molecule has 0 radical (unpaired) electrons. The molecule has 134 valence electrons. The van der Waals surface area contributed by atoms with Gasteiger partial charge in [-0.1, -0.05) is 29.8 Å². The van der Waals surface area contributed by atoms with Gasteiger partial charge >= 0.3 is 5.97 Å². The number of pyridine rings is 1. The largest absolute Gasteiger partial charge is 0.464 e. The maximum atomic E-state index is 12.9. The zero-order chi connectivity index (χ0) is 19.0. The summed E-state index contributed by atoms with van der Waals surface area (Å²) in [4.78, 5) is 32.4. The lowest BCUT2D eigenvalue weighted by Crippen LogP contribution is -2.16. The monoisotopic (exact) mass is 379 g/mol. The van der Waals surface area contributed by atoms with Crippen molar-refractivity contribution in [3.8, 4) is 0 Å². The van der Waals surface area contributed by atoms with E-state index >= 15 is 0 Å². The van der Waals surface area contributed by atoms with Crippen LogP contribution in [0.3, 0.4) is 0 Å². The molecule has 0 aliphatic heterocycles. The van der Waals surface area contributed by atoms with Crippen LogP contribution in [0, 0.1) is 0 Å². The first kappa shape index (κ1) is 17.1. The summed E-state index contributed by atoms with van der Waals surface area (Å²) in [6.07, 6.45) is 0. The number of nitrogens with one attached hydrogen (secondary N) is 2. The molecular weight excluding hydrogens is 366 g/mol. The number of methoxy groups -OCH3 is 1. The van der Waals surface area contributed by atoms with Gasteiger partial charge in [-0.25, -0.2) is 9.78 Å². The van der Waals surface area contributed by atoms with Crippen LogP contribution in [0.15, 0.2) is 54.6 Å². The maximum Gasteiger partial charge on any atom is 0.356 e. The Morgan fingerprint density at radius 2 is 1.81 bits per heavy atom. The van der Waals surface area contributed by atoms with Gasteiger partial charge in [-0.3, -0.25) is 4.79 Å². The van der Waals surface area contributed by atoms with Crippen LogP contribution in [0.2, 0.25) is 5.02 Å². The van der Waals surface area contributed by atoms with Crippen LogP contribution in [0.25, 0.3) is 21.8 Å². The predicted octanol–water partition coefficient (Wildman–Crippen LogP) is 4.41. The van der Waals surface area contributed by atoms with Crippen LogP contribution in [0.4, 0.5) is 5.69 Å². The number of fused-ring (bicyclic) bond motifs is 3. The van der Waals surface area contributed by atoms with E-state index in [0.29, 0.717) is 16.2 Å². The van der Waals surface area contributed by atoms with Crippen molar-refractivity contribution in [2.45, 2.75) is 0 Å². The highest BCUT2D eigenvalue weighted by Crippen LogP contribution is 2.28. The highest BCUT2D eigenvalue weighted by molar-refractivity contribution is 6.30. The van der Waals surface area contributed by atoms with Gasteiger partial charge in [0, 0.05) is 27.0 Å². The van der Waals surface area contributed by atoms with Gasteiger partial charge in [0.2, 0.25) is 0 Å². The highest BCUT2D eigenvalue weighted by Gasteiger charge is 2.20. The molecule has 0 bridgehead atoms. The van der Waals surface area contributed by atoms with Gasteiger partial charge in [0.05, 0.1) is 12.6 Å². The van der Waals surface area contributed by atoms with Crippen LogP contribution < -0.4 is 5.32 Å². The normalized spacial score (nSPS) is 10.9. The van der Waals surface area contributed by atoms with Crippen LogP contribution in [-0.2, 0) is 4.74 Å². The molecule has 1 amide bonds. The molecule has 27 heavy (non-hydrogen) atoms. The second-order valence-electron chi connectivity index (χ2n) is 5.90. The molecule has 0 aliphatic carbocycles. The highest BCUT2D eigenvalue weighted by atomic mass is 35.5. The van der Waals surface area contributed by atoms with E-state index in [1.165, 1.54) is 7.11 Å². The van der Waals surface area contributed by atoms with Gasteiger partial charge in [-0.2, -0.15) is 0 Å². The first-order valence-electron chi connectivity index (χ1n) is 8.13. The fraction of sp³-hybridized carbons (Fsp3) is 0.0500. The van der Waals surface area contributed by atoms with Crippen molar-refractivity contribution in [3.05, 3.63) is 71.0 Å². The summed E-state index contributed by atoms with van der Waals surface area (Å²) >= 11 is 5.88. The number of carbonyl (C=O) groups excluding carboxylic acids is 2. The first-order valence-corrected chi connectivity index (χ1v) is 8.51. The Bertz CT molecular complexity index is 1180. The van der Waals surface area contributed by atoms with E-state index in [4.69, 9.17) is 16.3 Å². The molecule has 2 aromatic carbocycles. The molecule has 0 atom stereocenters. The van der Waals surface area contributed by atoms with E-state index in [9.17, 15) is 9.59 Å². The Balaban J connectivity index is 1.87. The van der Waals surface area contributed by atoms with Gasteiger partial charge in [0.15, 0.2) is 5.69 Å². The summed E-state index contributed by atoms with van der Waals surface area (Å²) < 4.78 is 4.78. The number of halogens is 1. The van der Waals surface area contributed by atoms with E-state index in [2.05, 4.69) is 15.3 Å². The molecule has 0 fully saturated rings. The number of esters is 1. The average Bonchev–Trinajstić information content (AvgIpc) is 3.07. The number of aromatic nitrogens is 2. The standard InChI is InChI=1S/C20H14ClN3O3/c1-27-20(26)16-10-14-13-4-2-3-5-15(13)23-17(14)18(24-16)19(25)22-12-8-6-11(21)7-9-12/h2-10,23H,1H3,(H,22,25). The number of ether oxygens (including phenoxy) is 1. The van der Waals surface area contributed by atoms with Gasteiger partial charge in [-0.15, -0.1) is 0 Å². The number of para-hydroxylation sites is 1. The van der Waals surface area contributed by atoms with Crippen LogP contribution in [-0.4, -0.2) is 29.0 Å². The molecule has 2 aromatic heterocycles. The minimum absolute atomic E-state index is 0.0657. The Morgan fingerprint density at radius 1 is 1.07 bits per heavy atom. The molecule has 0 aliphatic rings. The van der Waals surface area contributed by atoms with E-state index in [1.54, 1.807) is 30.3 Å². The molecule has 0 saturated carbocycles. The molecule has 7 heteroatoms. The second kappa shape index (κ2) is 6.74. The Kier molecular flexibility index (Phi) is 4.25. The summed E-state index contributed by atoms with van der Waals surface area (Å²) in [5.41, 5.74) is 2.14. The first-order chi connectivity index (χ1) is 13.1. The fourth-order valence-electron chi connectivity index (χ4n) is 2.94. The lowest BCUT2D eigenvalue weighted by atomic mass is 10.1. The number of aromatic amines is 1. The van der Waals surface area contributed by atoms with Crippen molar-refractivity contribution >= 4 is 51.0 Å². The van der Waals surface area contributed by atoms with Crippen molar-refractivity contribution in [1.29, 1.82) is 0 Å². The molecule has 6 nitrogen and oxygen atoms in total. The number of benzene rings is 2. The maximum absolute atomic E-state index is 12.9. The van der Waals surface area contributed by atoms with E-state index in [1.807, 2.05) is 24.3 Å². The van der Waals surface area contributed by atoms with Crippen molar-refractivity contribution in [2.75, 3.05) is 12.4 Å². The lowest BCUT2D eigenvalue weighted by Gasteiger charge is -2.08. The van der Waals surface area contributed by atoms with Crippen LogP contribution >= 0.6 is 11.6 Å². The van der Waals surface area contributed by atoms with Crippen molar-refractivity contribution < 1.29 is 14.3 Å². The number of nitrogens with zero attached hydrogens (tertiary/aromatic N) is 1. The van der Waals surface area contributed by atoms with E-state index in [0.717, 1.165) is 16.3 Å². The third-order valence-corrected chi connectivity index (χ3v) is 4.46. The molecule has 4 rings (SSSR count). The fourth-order valence-corrected chi connectivity index (χ4v) is 3.07. The van der Waals surface area contributed by atoms with Crippen LogP contribution in [0.1, 0.15) is 21.0 Å².